The molecule has 0 saturated carbocycles. The fourth-order valence-corrected chi connectivity index (χ4v) is 1.84. The van der Waals surface area contributed by atoms with Crippen molar-refractivity contribution in [2.75, 3.05) is 17.2 Å². The molecule has 0 saturated heterocycles. The lowest BCUT2D eigenvalue weighted by molar-refractivity contribution is 0.102. The standard InChI is InChI=1S/C11H11F2N5OS/c1-2-3-14-9-7(12)4-6(5-8(9)13)10(19)15-11-16-17-18-20-11/h4-5,14H,2-3H2,1H3,(H,15,16,18,19). The summed E-state index contributed by atoms with van der Waals surface area (Å²) in [6.45, 7) is 2.32. The van der Waals surface area contributed by atoms with Gasteiger partial charge in [0.15, 0.2) is 0 Å². The molecule has 20 heavy (non-hydrogen) atoms. The van der Waals surface area contributed by atoms with Crippen molar-refractivity contribution in [3.63, 3.8) is 0 Å². The number of aromatic nitrogens is 3. The van der Waals surface area contributed by atoms with Crippen molar-refractivity contribution in [1.82, 2.24) is 14.8 Å². The summed E-state index contributed by atoms with van der Waals surface area (Å²) in [5.74, 6) is -2.32. The van der Waals surface area contributed by atoms with Gasteiger partial charge in [-0.2, -0.15) is 0 Å². The normalized spacial score (nSPS) is 10.3. The Hall–Kier alpha value is -2.16. The largest absolute Gasteiger partial charge is 0.380 e. The van der Waals surface area contributed by atoms with Crippen LogP contribution in [0.5, 0.6) is 0 Å². The first-order valence-corrected chi connectivity index (χ1v) is 6.58. The first-order chi connectivity index (χ1) is 9.61. The zero-order valence-electron chi connectivity index (χ0n) is 10.5. The number of rotatable bonds is 5. The third kappa shape index (κ3) is 3.23. The van der Waals surface area contributed by atoms with Crippen LogP contribution in [-0.2, 0) is 0 Å². The fourth-order valence-electron chi connectivity index (χ4n) is 1.47. The summed E-state index contributed by atoms with van der Waals surface area (Å²) in [5.41, 5.74) is -0.377. The molecule has 1 amide bonds. The minimum atomic E-state index is -0.820. The van der Waals surface area contributed by atoms with Crippen molar-refractivity contribution in [3.8, 4) is 0 Å². The lowest BCUT2D eigenvalue weighted by Crippen LogP contribution is -2.14. The summed E-state index contributed by atoms with van der Waals surface area (Å²) in [5, 5.41) is 11.9. The van der Waals surface area contributed by atoms with E-state index in [0.29, 0.717) is 6.54 Å². The van der Waals surface area contributed by atoms with E-state index < -0.39 is 17.5 Å². The van der Waals surface area contributed by atoms with Crippen molar-refractivity contribution in [2.24, 2.45) is 0 Å². The summed E-state index contributed by atoms with van der Waals surface area (Å²) >= 11 is 0.865. The van der Waals surface area contributed by atoms with Crippen molar-refractivity contribution in [1.29, 1.82) is 0 Å². The zero-order valence-corrected chi connectivity index (χ0v) is 11.3. The number of benzene rings is 1. The third-order valence-electron chi connectivity index (χ3n) is 2.38. The molecule has 0 aliphatic carbocycles. The highest BCUT2D eigenvalue weighted by Crippen LogP contribution is 2.21. The predicted molar refractivity (Wildman–Crippen MR) is 70.8 cm³/mol. The van der Waals surface area contributed by atoms with Gasteiger partial charge in [0, 0.05) is 23.6 Å². The Morgan fingerprint density at radius 1 is 1.35 bits per heavy atom. The molecule has 0 aliphatic heterocycles. The summed E-state index contributed by atoms with van der Waals surface area (Å²) in [6, 6.07) is 1.93. The second-order valence-corrected chi connectivity index (χ2v) is 4.60. The van der Waals surface area contributed by atoms with Gasteiger partial charge in [-0.25, -0.2) is 8.78 Å². The van der Waals surface area contributed by atoms with E-state index in [-0.39, 0.29) is 16.4 Å². The van der Waals surface area contributed by atoms with Gasteiger partial charge in [0.1, 0.15) is 17.3 Å². The lowest BCUT2D eigenvalue weighted by Gasteiger charge is -2.09. The van der Waals surface area contributed by atoms with Gasteiger partial charge in [-0.15, -0.1) is 0 Å². The van der Waals surface area contributed by atoms with E-state index in [2.05, 4.69) is 25.4 Å². The maximum absolute atomic E-state index is 13.8. The summed E-state index contributed by atoms with van der Waals surface area (Å²) < 4.78 is 31.0. The van der Waals surface area contributed by atoms with E-state index in [1.807, 2.05) is 6.92 Å². The molecule has 0 spiro atoms. The molecule has 0 atom stereocenters. The van der Waals surface area contributed by atoms with Crippen molar-refractivity contribution < 1.29 is 13.6 Å². The van der Waals surface area contributed by atoms with Crippen LogP contribution in [0.3, 0.4) is 0 Å². The van der Waals surface area contributed by atoms with Crippen LogP contribution in [0.2, 0.25) is 0 Å². The van der Waals surface area contributed by atoms with Crippen LogP contribution in [0.15, 0.2) is 12.1 Å². The minimum Gasteiger partial charge on any atom is -0.380 e. The number of anilines is 2. The SMILES string of the molecule is CCCNc1c(F)cc(C(=O)Nc2nnns2)cc1F. The highest BCUT2D eigenvalue weighted by Gasteiger charge is 2.16. The van der Waals surface area contributed by atoms with E-state index in [9.17, 15) is 13.6 Å². The maximum Gasteiger partial charge on any atom is 0.257 e. The summed E-state index contributed by atoms with van der Waals surface area (Å²) in [7, 11) is 0. The number of hydrogen-bond acceptors (Lipinski definition) is 6. The molecule has 9 heteroatoms. The number of nitrogens with zero attached hydrogens (tertiary/aromatic N) is 3. The van der Waals surface area contributed by atoms with Crippen LogP contribution in [0.1, 0.15) is 23.7 Å². The van der Waals surface area contributed by atoms with Crippen molar-refractivity contribution in [3.05, 3.63) is 29.3 Å². The Bertz CT molecular complexity index is 582. The Morgan fingerprint density at radius 2 is 2.05 bits per heavy atom. The molecular weight excluding hydrogens is 288 g/mol. The molecule has 1 heterocycles. The fraction of sp³-hybridized carbons (Fsp3) is 0.273. The zero-order chi connectivity index (χ0) is 14.5. The van der Waals surface area contributed by atoms with E-state index in [0.717, 1.165) is 30.1 Å². The molecule has 0 bridgehead atoms. The monoisotopic (exact) mass is 299 g/mol. The third-order valence-corrected chi connectivity index (χ3v) is 2.89. The van der Waals surface area contributed by atoms with E-state index in [4.69, 9.17) is 0 Å². The van der Waals surface area contributed by atoms with Crippen LogP contribution >= 0.6 is 11.5 Å². The molecule has 2 rings (SSSR count). The summed E-state index contributed by atoms with van der Waals surface area (Å²) in [4.78, 5) is 11.8. The van der Waals surface area contributed by atoms with Crippen LogP contribution in [0, 0.1) is 11.6 Å². The molecule has 0 aliphatic rings. The second-order valence-electron chi connectivity index (χ2n) is 3.86. The van der Waals surface area contributed by atoms with Gasteiger partial charge < -0.3 is 5.32 Å². The average Bonchev–Trinajstić information content (AvgIpc) is 2.90. The number of carbonyl (C=O) groups is 1. The first kappa shape index (κ1) is 14.3. The van der Waals surface area contributed by atoms with Crippen LogP contribution in [-0.4, -0.2) is 27.3 Å². The second kappa shape index (κ2) is 6.33. The van der Waals surface area contributed by atoms with E-state index >= 15 is 0 Å². The quantitative estimate of drug-likeness (QED) is 0.885. The van der Waals surface area contributed by atoms with Gasteiger partial charge in [0.05, 0.1) is 0 Å². The number of amides is 1. The van der Waals surface area contributed by atoms with Crippen molar-refractivity contribution >= 4 is 28.3 Å². The van der Waals surface area contributed by atoms with Gasteiger partial charge >= 0.3 is 0 Å². The lowest BCUT2D eigenvalue weighted by atomic mass is 10.1. The summed E-state index contributed by atoms with van der Waals surface area (Å²) in [6.07, 6.45) is 0.727. The molecule has 2 aromatic rings. The molecule has 0 fully saturated rings. The van der Waals surface area contributed by atoms with Gasteiger partial charge in [-0.1, -0.05) is 16.5 Å². The Kier molecular flexibility index (Phi) is 4.51. The van der Waals surface area contributed by atoms with Gasteiger partial charge in [0.2, 0.25) is 5.13 Å². The topological polar surface area (TPSA) is 79.8 Å². The average molecular weight is 299 g/mol. The highest BCUT2D eigenvalue weighted by atomic mass is 32.1. The van der Waals surface area contributed by atoms with E-state index in [1.54, 1.807) is 0 Å². The first-order valence-electron chi connectivity index (χ1n) is 5.81. The molecule has 2 N–H and O–H groups in total. The molecule has 6 nitrogen and oxygen atoms in total. The van der Waals surface area contributed by atoms with Gasteiger partial charge in [-0.3, -0.25) is 10.1 Å². The predicted octanol–water partition coefficient (Wildman–Crippen LogP) is 2.29. The van der Waals surface area contributed by atoms with Gasteiger partial charge in [0.25, 0.3) is 5.91 Å². The molecule has 1 aromatic heterocycles. The van der Waals surface area contributed by atoms with Crippen molar-refractivity contribution in [2.45, 2.75) is 13.3 Å². The Morgan fingerprint density at radius 3 is 2.60 bits per heavy atom. The van der Waals surface area contributed by atoms with Crippen LogP contribution < -0.4 is 10.6 Å². The van der Waals surface area contributed by atoms with Crippen LogP contribution in [0.4, 0.5) is 19.6 Å². The van der Waals surface area contributed by atoms with Crippen LogP contribution in [0.25, 0.3) is 0 Å². The Labute approximate surface area is 117 Å². The molecule has 1 aromatic carbocycles. The maximum atomic E-state index is 13.8. The van der Waals surface area contributed by atoms with Gasteiger partial charge in [-0.05, 0) is 23.8 Å². The number of carbonyl (C=O) groups excluding carboxylic acids is 1. The molecule has 0 radical (unpaired) electrons. The number of halogens is 2. The highest BCUT2D eigenvalue weighted by molar-refractivity contribution is 7.09. The smallest absolute Gasteiger partial charge is 0.257 e. The Balaban J connectivity index is 2.18. The minimum absolute atomic E-state index is 0.141. The molecule has 106 valence electrons. The molecular formula is C11H11F2N5OS. The number of nitrogens with one attached hydrogen (secondary N) is 2. The van der Waals surface area contributed by atoms with E-state index in [1.165, 1.54) is 0 Å². The number of hydrogen-bond donors (Lipinski definition) is 2. The molecule has 0 unspecified atom stereocenters.